The maximum absolute atomic E-state index is 12.1. The number of non-ortho nitro benzene ring substituents is 1. The zero-order valence-electron chi connectivity index (χ0n) is 15.1. The molecule has 0 radical (unpaired) electrons. The van der Waals surface area contributed by atoms with E-state index in [0.29, 0.717) is 12.2 Å². The number of nitrogens with zero attached hydrogens (tertiary/aromatic N) is 2. The number of nitro groups is 1. The third kappa shape index (κ3) is 5.56. The van der Waals surface area contributed by atoms with Crippen LogP contribution in [0, 0.1) is 10.1 Å². The van der Waals surface area contributed by atoms with Crippen LogP contribution in [0.3, 0.4) is 0 Å². The van der Waals surface area contributed by atoms with Gasteiger partial charge in [-0.25, -0.2) is 4.79 Å². The molecule has 0 bridgehead atoms. The third-order valence-corrected chi connectivity index (χ3v) is 4.16. The first-order valence-electron chi connectivity index (χ1n) is 8.62. The second-order valence-electron chi connectivity index (χ2n) is 5.85. The number of nitro benzene ring substituents is 1. The molecule has 138 valence electrons. The molecule has 7 nitrogen and oxygen atoms in total. The fourth-order valence-corrected chi connectivity index (χ4v) is 2.62. The van der Waals surface area contributed by atoms with Gasteiger partial charge in [0.2, 0.25) is 0 Å². The number of nitrogens with one attached hydrogen (secondary N) is 2. The van der Waals surface area contributed by atoms with Crippen molar-refractivity contribution in [3.63, 3.8) is 0 Å². The van der Waals surface area contributed by atoms with Gasteiger partial charge < -0.3 is 10.6 Å². The van der Waals surface area contributed by atoms with Crippen LogP contribution in [0.15, 0.2) is 48.5 Å². The summed E-state index contributed by atoms with van der Waals surface area (Å²) in [5.41, 5.74) is 2.54. The van der Waals surface area contributed by atoms with Crippen molar-refractivity contribution in [2.24, 2.45) is 0 Å². The minimum absolute atomic E-state index is 0.0626. The van der Waals surface area contributed by atoms with Crippen molar-refractivity contribution >= 4 is 17.4 Å². The molecular weight excluding hydrogens is 332 g/mol. The SMILES string of the molecule is CCN(CC)Cc1ccccc1CNC(=O)Nc1cccc([N+](=O)[O-])c1. The summed E-state index contributed by atoms with van der Waals surface area (Å²) in [5, 5.41) is 16.2. The van der Waals surface area contributed by atoms with Crippen LogP contribution in [-0.2, 0) is 13.1 Å². The number of hydrogen-bond acceptors (Lipinski definition) is 4. The lowest BCUT2D eigenvalue weighted by molar-refractivity contribution is -0.384. The summed E-state index contributed by atoms with van der Waals surface area (Å²) in [6.45, 7) is 7.39. The zero-order valence-corrected chi connectivity index (χ0v) is 15.1. The number of urea groups is 1. The molecule has 0 saturated heterocycles. The summed E-state index contributed by atoms with van der Waals surface area (Å²) in [5.74, 6) is 0. The highest BCUT2D eigenvalue weighted by Gasteiger charge is 2.10. The lowest BCUT2D eigenvalue weighted by Gasteiger charge is -2.20. The molecule has 0 aliphatic carbocycles. The smallest absolute Gasteiger partial charge is 0.319 e. The van der Waals surface area contributed by atoms with Gasteiger partial charge in [-0.2, -0.15) is 0 Å². The number of benzene rings is 2. The molecule has 0 aliphatic rings. The first-order valence-corrected chi connectivity index (χ1v) is 8.62. The van der Waals surface area contributed by atoms with Crippen LogP contribution in [-0.4, -0.2) is 28.9 Å². The summed E-state index contributed by atoms with van der Waals surface area (Å²) in [6, 6.07) is 13.4. The molecular formula is C19H24N4O3. The molecule has 0 fully saturated rings. The van der Waals surface area contributed by atoms with E-state index in [9.17, 15) is 14.9 Å². The molecule has 0 atom stereocenters. The van der Waals surface area contributed by atoms with E-state index in [0.717, 1.165) is 25.2 Å². The normalized spacial score (nSPS) is 10.6. The highest BCUT2D eigenvalue weighted by molar-refractivity contribution is 5.89. The minimum atomic E-state index is -0.494. The number of anilines is 1. The maximum atomic E-state index is 12.1. The number of carbonyl (C=O) groups excluding carboxylic acids is 1. The number of carbonyl (C=O) groups is 1. The molecule has 7 heteroatoms. The zero-order chi connectivity index (χ0) is 18.9. The van der Waals surface area contributed by atoms with Crippen molar-refractivity contribution in [3.8, 4) is 0 Å². The Morgan fingerprint density at radius 3 is 2.42 bits per heavy atom. The second-order valence-corrected chi connectivity index (χ2v) is 5.85. The van der Waals surface area contributed by atoms with Gasteiger partial charge in [-0.1, -0.05) is 44.2 Å². The third-order valence-electron chi connectivity index (χ3n) is 4.16. The van der Waals surface area contributed by atoms with E-state index in [4.69, 9.17) is 0 Å². The van der Waals surface area contributed by atoms with Crippen LogP contribution in [0.1, 0.15) is 25.0 Å². The Bertz CT molecular complexity index is 760. The first kappa shape index (κ1) is 19.4. The van der Waals surface area contributed by atoms with Crippen molar-refractivity contribution in [2.45, 2.75) is 26.9 Å². The van der Waals surface area contributed by atoms with E-state index >= 15 is 0 Å². The highest BCUT2D eigenvalue weighted by Crippen LogP contribution is 2.17. The van der Waals surface area contributed by atoms with Crippen LogP contribution < -0.4 is 10.6 Å². The molecule has 2 N–H and O–H groups in total. The maximum Gasteiger partial charge on any atom is 0.319 e. The van der Waals surface area contributed by atoms with E-state index in [2.05, 4.69) is 35.4 Å². The number of hydrogen-bond donors (Lipinski definition) is 2. The standard InChI is InChI=1S/C19H24N4O3/c1-3-22(4-2)14-16-9-6-5-8-15(16)13-20-19(24)21-17-10-7-11-18(12-17)23(25)26/h5-12H,3-4,13-14H2,1-2H3,(H2,20,21,24). The van der Waals surface area contributed by atoms with Gasteiger partial charge in [-0.3, -0.25) is 15.0 Å². The van der Waals surface area contributed by atoms with Gasteiger partial charge in [-0.05, 0) is 30.3 Å². The summed E-state index contributed by atoms with van der Waals surface area (Å²) in [4.78, 5) is 24.7. The Morgan fingerprint density at radius 2 is 1.77 bits per heavy atom. The fraction of sp³-hybridized carbons (Fsp3) is 0.316. The van der Waals surface area contributed by atoms with Crippen LogP contribution in [0.2, 0.25) is 0 Å². The van der Waals surface area contributed by atoms with Gasteiger partial charge in [0.05, 0.1) is 4.92 Å². The van der Waals surface area contributed by atoms with E-state index in [-0.39, 0.29) is 5.69 Å². The molecule has 2 rings (SSSR count). The Morgan fingerprint density at radius 1 is 1.08 bits per heavy atom. The fourth-order valence-electron chi connectivity index (χ4n) is 2.62. The van der Waals surface area contributed by atoms with Gasteiger partial charge in [0.1, 0.15) is 0 Å². The number of rotatable bonds is 8. The predicted octanol–water partition coefficient (Wildman–Crippen LogP) is 3.76. The monoisotopic (exact) mass is 356 g/mol. The first-order chi connectivity index (χ1) is 12.5. The molecule has 0 saturated carbocycles. The summed E-state index contributed by atoms with van der Waals surface area (Å²) in [6.07, 6.45) is 0. The molecule has 0 aliphatic heterocycles. The van der Waals surface area contributed by atoms with Crippen molar-refractivity contribution in [2.75, 3.05) is 18.4 Å². The second kappa shape index (κ2) is 9.53. The van der Waals surface area contributed by atoms with Crippen molar-refractivity contribution in [1.82, 2.24) is 10.2 Å². The highest BCUT2D eigenvalue weighted by atomic mass is 16.6. The molecule has 0 spiro atoms. The molecule has 0 aromatic heterocycles. The Hall–Kier alpha value is -2.93. The van der Waals surface area contributed by atoms with Crippen LogP contribution >= 0.6 is 0 Å². The molecule has 2 aromatic carbocycles. The van der Waals surface area contributed by atoms with E-state index in [1.54, 1.807) is 6.07 Å². The molecule has 0 unspecified atom stereocenters. The number of amides is 2. The van der Waals surface area contributed by atoms with Gasteiger partial charge in [-0.15, -0.1) is 0 Å². The quantitative estimate of drug-likeness (QED) is 0.557. The summed E-state index contributed by atoms with van der Waals surface area (Å²) >= 11 is 0. The Labute approximate surface area is 153 Å². The average molecular weight is 356 g/mol. The van der Waals surface area contributed by atoms with Gasteiger partial charge in [0.25, 0.3) is 5.69 Å². The molecule has 26 heavy (non-hydrogen) atoms. The van der Waals surface area contributed by atoms with Crippen LogP contribution in [0.5, 0.6) is 0 Å². The average Bonchev–Trinajstić information content (AvgIpc) is 2.65. The lowest BCUT2D eigenvalue weighted by atomic mass is 10.1. The Kier molecular flexibility index (Phi) is 7.11. The van der Waals surface area contributed by atoms with Crippen molar-refractivity contribution in [3.05, 3.63) is 69.8 Å². The van der Waals surface area contributed by atoms with Gasteiger partial charge in [0, 0.05) is 30.9 Å². The van der Waals surface area contributed by atoms with Crippen LogP contribution in [0.4, 0.5) is 16.2 Å². The topological polar surface area (TPSA) is 87.5 Å². The van der Waals surface area contributed by atoms with E-state index < -0.39 is 11.0 Å². The lowest BCUT2D eigenvalue weighted by Crippen LogP contribution is -2.29. The van der Waals surface area contributed by atoms with E-state index in [1.165, 1.54) is 23.8 Å². The minimum Gasteiger partial charge on any atom is -0.334 e. The summed E-state index contributed by atoms with van der Waals surface area (Å²) < 4.78 is 0. The van der Waals surface area contributed by atoms with Crippen LogP contribution in [0.25, 0.3) is 0 Å². The van der Waals surface area contributed by atoms with Crippen molar-refractivity contribution in [1.29, 1.82) is 0 Å². The molecule has 2 amide bonds. The predicted molar refractivity (Wildman–Crippen MR) is 102 cm³/mol. The molecule has 2 aromatic rings. The van der Waals surface area contributed by atoms with Gasteiger partial charge in [0.15, 0.2) is 0 Å². The largest absolute Gasteiger partial charge is 0.334 e. The Balaban J connectivity index is 1.97. The van der Waals surface area contributed by atoms with Gasteiger partial charge >= 0.3 is 6.03 Å². The van der Waals surface area contributed by atoms with E-state index in [1.807, 2.05) is 18.2 Å². The van der Waals surface area contributed by atoms with Crippen molar-refractivity contribution < 1.29 is 9.72 Å². The summed E-state index contributed by atoms with van der Waals surface area (Å²) in [7, 11) is 0. The molecule has 0 heterocycles.